The maximum Gasteiger partial charge on any atom is 0.352 e. The minimum atomic E-state index is -1.08. The molecule has 0 aliphatic heterocycles. The van der Waals surface area contributed by atoms with Gasteiger partial charge in [-0.2, -0.15) is 0 Å². The number of methoxy groups -OCH3 is 1. The molecule has 2 aromatic rings. The largest absolute Gasteiger partial charge is 0.494 e. The third-order valence-corrected chi connectivity index (χ3v) is 2.84. The van der Waals surface area contributed by atoms with Crippen molar-refractivity contribution in [1.82, 2.24) is 4.57 Å². The van der Waals surface area contributed by atoms with Gasteiger partial charge in [-0.3, -0.25) is 0 Å². The van der Waals surface area contributed by atoms with E-state index < -0.39 is 11.8 Å². The first-order chi connectivity index (χ1) is 8.52. The second-order valence-corrected chi connectivity index (χ2v) is 4.45. The van der Waals surface area contributed by atoms with Gasteiger partial charge in [-0.15, -0.1) is 0 Å². The minimum Gasteiger partial charge on any atom is -0.494 e. The Morgan fingerprint density at radius 2 is 2.17 bits per heavy atom. The smallest absolute Gasteiger partial charge is 0.352 e. The molecular formula is C12H9BrFNO3. The molecule has 1 N–H and O–H groups in total. The van der Waals surface area contributed by atoms with E-state index in [2.05, 4.69) is 15.9 Å². The molecule has 6 heteroatoms. The van der Waals surface area contributed by atoms with Crippen LogP contribution < -0.4 is 4.74 Å². The number of aromatic nitrogens is 1. The molecule has 94 valence electrons. The molecule has 0 saturated heterocycles. The maximum atomic E-state index is 13.1. The summed E-state index contributed by atoms with van der Waals surface area (Å²) in [5, 5.41) is 9.10. The first kappa shape index (κ1) is 12.6. The third kappa shape index (κ3) is 2.24. The molecule has 1 heterocycles. The van der Waals surface area contributed by atoms with Crippen LogP contribution in [0.15, 0.2) is 34.9 Å². The number of nitrogens with zero attached hydrogens (tertiary/aromatic N) is 1. The van der Waals surface area contributed by atoms with Crippen molar-refractivity contribution in [2.24, 2.45) is 0 Å². The van der Waals surface area contributed by atoms with Crippen LogP contribution in [0.4, 0.5) is 4.39 Å². The number of rotatable bonds is 3. The van der Waals surface area contributed by atoms with Gasteiger partial charge >= 0.3 is 5.97 Å². The first-order valence-electron chi connectivity index (χ1n) is 4.98. The summed E-state index contributed by atoms with van der Waals surface area (Å²) < 4.78 is 20.2. The van der Waals surface area contributed by atoms with E-state index in [1.54, 1.807) is 6.20 Å². The summed E-state index contributed by atoms with van der Waals surface area (Å²) in [5.74, 6) is -1.26. The Morgan fingerprint density at radius 1 is 1.44 bits per heavy atom. The van der Waals surface area contributed by atoms with Gasteiger partial charge in [-0.25, -0.2) is 9.18 Å². The predicted octanol–water partition coefficient (Wildman–Crippen LogP) is 3.09. The van der Waals surface area contributed by atoms with Crippen molar-refractivity contribution < 1.29 is 19.0 Å². The molecular weight excluding hydrogens is 305 g/mol. The van der Waals surface area contributed by atoms with Crippen molar-refractivity contribution >= 4 is 21.9 Å². The quantitative estimate of drug-likeness (QED) is 0.947. The second kappa shape index (κ2) is 4.81. The highest BCUT2D eigenvalue weighted by Gasteiger charge is 2.16. The molecule has 0 bridgehead atoms. The van der Waals surface area contributed by atoms with Crippen LogP contribution in [-0.4, -0.2) is 22.8 Å². The third-order valence-electron chi connectivity index (χ3n) is 2.41. The molecule has 4 nitrogen and oxygen atoms in total. The molecule has 0 unspecified atom stereocenters. The summed E-state index contributed by atoms with van der Waals surface area (Å²) in [6.45, 7) is 0. The Labute approximate surface area is 111 Å². The van der Waals surface area contributed by atoms with E-state index in [-0.39, 0.29) is 11.4 Å². The molecule has 0 amide bonds. The lowest BCUT2D eigenvalue weighted by atomic mass is 10.2. The van der Waals surface area contributed by atoms with Crippen molar-refractivity contribution in [2.75, 3.05) is 7.11 Å². The lowest BCUT2D eigenvalue weighted by molar-refractivity contribution is 0.0688. The van der Waals surface area contributed by atoms with E-state index in [1.807, 2.05) is 0 Å². The van der Waals surface area contributed by atoms with Crippen molar-refractivity contribution in [1.29, 1.82) is 0 Å². The molecule has 1 aromatic heterocycles. The van der Waals surface area contributed by atoms with E-state index in [4.69, 9.17) is 9.84 Å². The van der Waals surface area contributed by atoms with Crippen LogP contribution in [-0.2, 0) is 0 Å². The number of hydrogen-bond acceptors (Lipinski definition) is 2. The second-order valence-electron chi connectivity index (χ2n) is 3.53. The van der Waals surface area contributed by atoms with E-state index in [9.17, 15) is 9.18 Å². The van der Waals surface area contributed by atoms with Crippen LogP contribution >= 0.6 is 15.9 Å². The molecule has 18 heavy (non-hydrogen) atoms. The Morgan fingerprint density at radius 3 is 2.78 bits per heavy atom. The highest BCUT2D eigenvalue weighted by molar-refractivity contribution is 9.10. The van der Waals surface area contributed by atoms with Crippen molar-refractivity contribution in [3.63, 3.8) is 0 Å². The van der Waals surface area contributed by atoms with Gasteiger partial charge < -0.3 is 14.4 Å². The van der Waals surface area contributed by atoms with Gasteiger partial charge in [0.25, 0.3) is 0 Å². The average molecular weight is 314 g/mol. The number of carboxylic acids is 1. The monoisotopic (exact) mass is 313 g/mol. The van der Waals surface area contributed by atoms with Crippen LogP contribution in [0, 0.1) is 5.82 Å². The summed E-state index contributed by atoms with van der Waals surface area (Å²) in [6, 6.07) is 5.38. The lowest BCUT2D eigenvalue weighted by Gasteiger charge is -2.11. The van der Waals surface area contributed by atoms with Crippen LogP contribution in [0.25, 0.3) is 5.69 Å². The van der Waals surface area contributed by atoms with Crippen molar-refractivity contribution in [3.8, 4) is 11.4 Å². The summed E-state index contributed by atoms with van der Waals surface area (Å²) in [7, 11) is 1.40. The number of aromatic carboxylic acids is 1. The molecule has 0 atom stereocenters. The fraction of sp³-hybridized carbons (Fsp3) is 0.0833. The zero-order valence-electron chi connectivity index (χ0n) is 9.35. The fourth-order valence-corrected chi connectivity index (χ4v) is 2.07. The highest BCUT2D eigenvalue weighted by atomic mass is 79.9. The summed E-state index contributed by atoms with van der Waals surface area (Å²) in [5.41, 5.74) is 0.522. The van der Waals surface area contributed by atoms with Gasteiger partial charge in [-0.05, 0) is 34.1 Å². The zero-order chi connectivity index (χ0) is 13.3. The van der Waals surface area contributed by atoms with Crippen LogP contribution in [0.5, 0.6) is 5.75 Å². The van der Waals surface area contributed by atoms with Gasteiger partial charge in [-0.1, -0.05) is 0 Å². The van der Waals surface area contributed by atoms with E-state index >= 15 is 0 Å². The molecule has 0 fully saturated rings. The highest BCUT2D eigenvalue weighted by Crippen LogP contribution is 2.27. The predicted molar refractivity (Wildman–Crippen MR) is 66.9 cm³/mol. The number of carboxylic acid groups (broad SMARTS) is 1. The normalized spacial score (nSPS) is 10.4. The van der Waals surface area contributed by atoms with Gasteiger partial charge in [0, 0.05) is 16.7 Å². The van der Waals surface area contributed by atoms with Crippen molar-refractivity contribution in [2.45, 2.75) is 0 Å². The number of benzene rings is 1. The van der Waals surface area contributed by atoms with Crippen molar-refractivity contribution in [3.05, 3.63) is 46.4 Å². The molecule has 0 saturated carbocycles. The average Bonchev–Trinajstić information content (AvgIpc) is 2.71. The zero-order valence-corrected chi connectivity index (χ0v) is 10.9. The van der Waals surface area contributed by atoms with E-state index in [0.29, 0.717) is 10.2 Å². The molecule has 0 radical (unpaired) electrons. The Kier molecular flexibility index (Phi) is 3.38. The standard InChI is InChI=1S/C12H9BrFNO3/c1-18-11-5-8(14)2-3-9(11)15-6-7(13)4-10(15)12(16)17/h2-6H,1H3,(H,16,17). The molecule has 1 aromatic carbocycles. The summed E-state index contributed by atoms with van der Waals surface area (Å²) in [4.78, 5) is 11.1. The first-order valence-corrected chi connectivity index (χ1v) is 5.77. The van der Waals surface area contributed by atoms with Gasteiger partial charge in [0.2, 0.25) is 0 Å². The Bertz CT molecular complexity index is 609. The van der Waals surface area contributed by atoms with Gasteiger partial charge in [0.1, 0.15) is 17.3 Å². The number of hydrogen-bond donors (Lipinski definition) is 1. The number of carbonyl (C=O) groups is 1. The number of ether oxygens (including phenoxy) is 1. The molecule has 0 aliphatic rings. The maximum absolute atomic E-state index is 13.1. The summed E-state index contributed by atoms with van der Waals surface area (Å²) >= 11 is 3.21. The lowest BCUT2D eigenvalue weighted by Crippen LogP contribution is -2.07. The molecule has 0 aliphatic carbocycles. The van der Waals surface area contributed by atoms with E-state index in [0.717, 1.165) is 0 Å². The molecule has 2 rings (SSSR count). The Hall–Kier alpha value is -1.82. The van der Waals surface area contributed by atoms with Gasteiger partial charge in [0.05, 0.1) is 12.8 Å². The topological polar surface area (TPSA) is 51.5 Å². The van der Waals surface area contributed by atoms with Crippen LogP contribution in [0.1, 0.15) is 10.5 Å². The Balaban J connectivity index is 2.65. The van der Waals surface area contributed by atoms with E-state index in [1.165, 1.54) is 35.9 Å². The summed E-state index contributed by atoms with van der Waals surface area (Å²) in [6.07, 6.45) is 1.58. The molecule has 0 spiro atoms. The minimum absolute atomic E-state index is 0.0618. The van der Waals surface area contributed by atoms with Crippen LogP contribution in [0.2, 0.25) is 0 Å². The van der Waals surface area contributed by atoms with Crippen LogP contribution in [0.3, 0.4) is 0 Å². The van der Waals surface area contributed by atoms with Gasteiger partial charge in [0.15, 0.2) is 0 Å². The number of halogens is 2. The fourth-order valence-electron chi connectivity index (χ4n) is 1.64. The SMILES string of the molecule is COc1cc(F)ccc1-n1cc(Br)cc1C(=O)O.